The first-order chi connectivity index (χ1) is 5.49. The fourth-order valence-electron chi connectivity index (χ4n) is 0.894. The molecule has 0 unspecified atom stereocenters. The molecule has 5 heteroatoms. The van der Waals surface area contributed by atoms with Crippen molar-refractivity contribution in [1.29, 1.82) is 0 Å². The summed E-state index contributed by atoms with van der Waals surface area (Å²) in [5.74, 6) is -0.634. The standard InChI is InChI=1S/C7H12N2O3/c1-7(2)4-12-5(8-11)6(10)9(7)3/h11H,4H2,1-3H3. The molecule has 1 heterocycles. The Morgan fingerprint density at radius 1 is 1.67 bits per heavy atom. The molecule has 0 aliphatic carbocycles. The molecular weight excluding hydrogens is 160 g/mol. The predicted molar refractivity (Wildman–Crippen MR) is 42.0 cm³/mol. The Balaban J connectivity index is 2.87. The van der Waals surface area contributed by atoms with E-state index in [1.54, 1.807) is 7.05 Å². The highest BCUT2D eigenvalue weighted by Gasteiger charge is 2.37. The van der Waals surface area contributed by atoms with Crippen LogP contribution in [0.2, 0.25) is 0 Å². The van der Waals surface area contributed by atoms with Crippen molar-refractivity contribution in [3.8, 4) is 0 Å². The predicted octanol–water partition coefficient (Wildman–Crippen LogP) is 0.0413. The molecule has 0 aromatic carbocycles. The second-order valence-corrected chi connectivity index (χ2v) is 3.37. The second kappa shape index (κ2) is 2.66. The second-order valence-electron chi connectivity index (χ2n) is 3.37. The Morgan fingerprint density at radius 3 is 2.75 bits per heavy atom. The molecule has 1 N–H and O–H groups in total. The average molecular weight is 172 g/mol. The Morgan fingerprint density at radius 2 is 2.25 bits per heavy atom. The summed E-state index contributed by atoms with van der Waals surface area (Å²) in [6.07, 6.45) is 0. The number of amides is 1. The molecule has 0 atom stereocenters. The minimum Gasteiger partial charge on any atom is -0.469 e. The molecule has 1 amide bonds. The summed E-state index contributed by atoms with van der Waals surface area (Å²) in [6.45, 7) is 4.09. The number of ether oxygens (including phenoxy) is 1. The quantitative estimate of drug-likeness (QED) is 0.414. The number of carbonyl (C=O) groups excluding carboxylic acids is 1. The van der Waals surface area contributed by atoms with E-state index in [0.717, 1.165) is 0 Å². The summed E-state index contributed by atoms with van der Waals surface area (Å²) >= 11 is 0. The maximum absolute atomic E-state index is 11.3. The molecule has 68 valence electrons. The molecule has 1 fully saturated rings. The van der Waals surface area contributed by atoms with Crippen LogP contribution < -0.4 is 0 Å². The van der Waals surface area contributed by atoms with Gasteiger partial charge in [-0.2, -0.15) is 0 Å². The van der Waals surface area contributed by atoms with Gasteiger partial charge in [-0.15, -0.1) is 0 Å². The lowest BCUT2D eigenvalue weighted by Crippen LogP contribution is -2.56. The summed E-state index contributed by atoms with van der Waals surface area (Å²) < 4.78 is 4.93. The van der Waals surface area contributed by atoms with E-state index in [1.807, 2.05) is 13.8 Å². The molecule has 0 bridgehead atoms. The zero-order valence-electron chi connectivity index (χ0n) is 7.37. The van der Waals surface area contributed by atoms with E-state index in [0.29, 0.717) is 6.61 Å². The van der Waals surface area contributed by atoms with Crippen LogP contribution in [-0.4, -0.2) is 41.1 Å². The van der Waals surface area contributed by atoms with Gasteiger partial charge in [-0.1, -0.05) is 0 Å². The van der Waals surface area contributed by atoms with Gasteiger partial charge in [0.05, 0.1) is 5.54 Å². The van der Waals surface area contributed by atoms with Crippen molar-refractivity contribution in [3.63, 3.8) is 0 Å². The van der Waals surface area contributed by atoms with Gasteiger partial charge in [0, 0.05) is 7.05 Å². The van der Waals surface area contributed by atoms with Crippen molar-refractivity contribution >= 4 is 11.8 Å². The van der Waals surface area contributed by atoms with Crippen LogP contribution in [0, 0.1) is 0 Å². The number of oxime groups is 1. The lowest BCUT2D eigenvalue weighted by atomic mass is 10.0. The van der Waals surface area contributed by atoms with Gasteiger partial charge in [0.25, 0.3) is 0 Å². The lowest BCUT2D eigenvalue weighted by Gasteiger charge is -2.38. The molecule has 1 aliphatic heterocycles. The van der Waals surface area contributed by atoms with E-state index < -0.39 is 5.91 Å². The number of rotatable bonds is 0. The minimum absolute atomic E-state index is 0.239. The van der Waals surface area contributed by atoms with Gasteiger partial charge in [-0.3, -0.25) is 4.79 Å². The Kier molecular flexibility index (Phi) is 1.95. The summed E-state index contributed by atoms with van der Waals surface area (Å²) in [4.78, 5) is 12.8. The molecule has 0 radical (unpaired) electrons. The first-order valence-corrected chi connectivity index (χ1v) is 3.62. The van der Waals surface area contributed by atoms with Crippen LogP contribution in [0.4, 0.5) is 0 Å². The van der Waals surface area contributed by atoms with Crippen molar-refractivity contribution in [2.24, 2.45) is 5.16 Å². The third-order valence-electron chi connectivity index (χ3n) is 2.05. The van der Waals surface area contributed by atoms with Crippen LogP contribution in [-0.2, 0) is 9.53 Å². The highest BCUT2D eigenvalue weighted by molar-refractivity contribution is 6.35. The Hall–Kier alpha value is -1.26. The van der Waals surface area contributed by atoms with Gasteiger partial charge >= 0.3 is 11.8 Å². The molecule has 0 aromatic heterocycles. The number of likely N-dealkylation sites (N-methyl/N-ethyl adjacent to an activating group) is 1. The third-order valence-corrected chi connectivity index (χ3v) is 2.05. The zero-order valence-corrected chi connectivity index (χ0v) is 7.37. The third kappa shape index (κ3) is 1.22. The highest BCUT2D eigenvalue weighted by atomic mass is 16.5. The normalized spacial score (nSPS) is 25.8. The van der Waals surface area contributed by atoms with E-state index in [4.69, 9.17) is 9.94 Å². The van der Waals surface area contributed by atoms with Crippen molar-refractivity contribution in [2.45, 2.75) is 19.4 Å². The van der Waals surface area contributed by atoms with E-state index in [2.05, 4.69) is 5.16 Å². The van der Waals surface area contributed by atoms with Crippen LogP contribution >= 0.6 is 0 Å². The first kappa shape index (κ1) is 8.83. The number of carbonyl (C=O) groups is 1. The van der Waals surface area contributed by atoms with Gasteiger partial charge in [0.2, 0.25) is 0 Å². The van der Waals surface area contributed by atoms with E-state index in [1.165, 1.54) is 4.90 Å². The highest BCUT2D eigenvalue weighted by Crippen LogP contribution is 2.18. The molecule has 12 heavy (non-hydrogen) atoms. The maximum atomic E-state index is 11.3. The van der Waals surface area contributed by atoms with Crippen LogP contribution in [0.3, 0.4) is 0 Å². The van der Waals surface area contributed by atoms with Gasteiger partial charge in [-0.05, 0) is 19.0 Å². The summed E-state index contributed by atoms with van der Waals surface area (Å²) in [5, 5.41) is 11.1. The summed E-state index contributed by atoms with van der Waals surface area (Å²) in [7, 11) is 1.65. The van der Waals surface area contributed by atoms with Crippen molar-refractivity contribution in [2.75, 3.05) is 13.7 Å². The van der Waals surface area contributed by atoms with Crippen molar-refractivity contribution < 1.29 is 14.7 Å². The van der Waals surface area contributed by atoms with Crippen LogP contribution in [0.1, 0.15) is 13.8 Å². The van der Waals surface area contributed by atoms with Crippen LogP contribution in [0.5, 0.6) is 0 Å². The fraction of sp³-hybridized carbons (Fsp3) is 0.714. The van der Waals surface area contributed by atoms with E-state index >= 15 is 0 Å². The van der Waals surface area contributed by atoms with Gasteiger partial charge in [-0.25, -0.2) is 0 Å². The first-order valence-electron chi connectivity index (χ1n) is 3.62. The minimum atomic E-state index is -0.395. The monoisotopic (exact) mass is 172 g/mol. The largest absolute Gasteiger partial charge is 0.469 e. The molecule has 5 nitrogen and oxygen atoms in total. The molecular formula is C7H12N2O3. The van der Waals surface area contributed by atoms with Crippen molar-refractivity contribution in [1.82, 2.24) is 4.90 Å². The number of hydrogen-bond donors (Lipinski definition) is 1. The molecule has 0 spiro atoms. The molecule has 1 saturated heterocycles. The van der Waals surface area contributed by atoms with Gasteiger partial charge in [0.15, 0.2) is 0 Å². The maximum Gasteiger partial charge on any atom is 0.316 e. The van der Waals surface area contributed by atoms with Crippen molar-refractivity contribution in [3.05, 3.63) is 0 Å². The molecule has 1 aliphatic rings. The molecule has 1 rings (SSSR count). The SMILES string of the molecule is CN1C(=O)C(=NO)OCC1(C)C. The van der Waals surface area contributed by atoms with Crippen LogP contribution in [0.15, 0.2) is 5.16 Å². The topological polar surface area (TPSA) is 62.1 Å². The average Bonchev–Trinajstić information content (AvgIpc) is 2.01. The number of hydrogen-bond acceptors (Lipinski definition) is 4. The molecule has 0 aromatic rings. The smallest absolute Gasteiger partial charge is 0.316 e. The fourth-order valence-corrected chi connectivity index (χ4v) is 0.894. The van der Waals surface area contributed by atoms with Crippen LogP contribution in [0.25, 0.3) is 0 Å². The number of morpholine rings is 1. The lowest BCUT2D eigenvalue weighted by molar-refractivity contribution is -0.134. The van der Waals surface area contributed by atoms with E-state index in [-0.39, 0.29) is 11.4 Å². The Labute approximate surface area is 70.6 Å². The van der Waals surface area contributed by atoms with Gasteiger partial charge in [0.1, 0.15) is 6.61 Å². The summed E-state index contributed by atoms with van der Waals surface area (Å²) in [5.41, 5.74) is -0.342. The zero-order chi connectivity index (χ0) is 9.35. The number of nitrogens with zero attached hydrogens (tertiary/aromatic N) is 2. The van der Waals surface area contributed by atoms with Gasteiger partial charge < -0.3 is 14.8 Å². The van der Waals surface area contributed by atoms with E-state index in [9.17, 15) is 4.79 Å². The molecule has 0 saturated carbocycles. The summed E-state index contributed by atoms with van der Waals surface area (Å²) in [6, 6.07) is 0. The Bertz CT molecular complexity index is 235.